The molecule has 2 amide bonds. The van der Waals surface area contributed by atoms with E-state index in [4.69, 9.17) is 46.4 Å². The first-order valence-electron chi connectivity index (χ1n) is 14.5. The zero-order chi connectivity index (χ0) is 33.4. The van der Waals surface area contributed by atoms with Crippen LogP contribution in [0.3, 0.4) is 0 Å². The van der Waals surface area contributed by atoms with Gasteiger partial charge in [-0.25, -0.2) is 8.42 Å². The molecule has 0 spiro atoms. The van der Waals surface area contributed by atoms with E-state index in [0.717, 1.165) is 9.87 Å². The summed E-state index contributed by atoms with van der Waals surface area (Å²) >= 11 is 25.2. The van der Waals surface area contributed by atoms with Crippen LogP contribution >= 0.6 is 46.4 Å². The van der Waals surface area contributed by atoms with Crippen molar-refractivity contribution in [2.45, 2.75) is 50.2 Å². The quantitative estimate of drug-likeness (QED) is 0.152. The van der Waals surface area contributed by atoms with Crippen LogP contribution in [0.1, 0.15) is 31.4 Å². The first kappa shape index (κ1) is 35.6. The van der Waals surface area contributed by atoms with Gasteiger partial charge >= 0.3 is 0 Å². The number of anilines is 1. The summed E-state index contributed by atoms with van der Waals surface area (Å²) in [5.41, 5.74) is 1.47. The van der Waals surface area contributed by atoms with Gasteiger partial charge in [-0.15, -0.1) is 0 Å². The third kappa shape index (κ3) is 8.96. The molecule has 0 bridgehead atoms. The Balaban J connectivity index is 1.84. The number of hydrogen-bond donors (Lipinski definition) is 1. The highest BCUT2D eigenvalue weighted by atomic mass is 35.5. The molecule has 0 fully saturated rings. The van der Waals surface area contributed by atoms with Gasteiger partial charge in [-0.1, -0.05) is 108 Å². The Bertz CT molecular complexity index is 1780. The Hall–Kier alpha value is -3.27. The maximum absolute atomic E-state index is 14.5. The highest BCUT2D eigenvalue weighted by molar-refractivity contribution is 7.92. The van der Waals surface area contributed by atoms with Gasteiger partial charge in [0, 0.05) is 24.0 Å². The standard InChI is InChI=1S/C34H33Cl4N3O4S/c1-3-23(2)39-34(43)32(19-24-10-6-4-7-11-24)40(21-25-14-16-28(36)29(37)18-25)33(42)22-41(31-17-15-26(35)20-30(31)38)46(44,45)27-12-8-5-9-13-27/h4-18,20,23,32H,3,19,21-22H2,1-2H3,(H,39,43)/t23-,32-/m1/s1. The summed E-state index contributed by atoms with van der Waals surface area (Å²) < 4.78 is 29.1. The number of amides is 2. The molecule has 12 heteroatoms. The van der Waals surface area contributed by atoms with Gasteiger partial charge in [-0.2, -0.15) is 0 Å². The summed E-state index contributed by atoms with van der Waals surface area (Å²) in [6.07, 6.45) is 0.839. The molecule has 7 nitrogen and oxygen atoms in total. The SMILES string of the molecule is CC[C@@H](C)NC(=O)[C@@H](Cc1ccccc1)N(Cc1ccc(Cl)c(Cl)c1)C(=O)CN(c1ccc(Cl)cc1Cl)S(=O)(=O)c1ccccc1. The number of carbonyl (C=O) groups excluding carboxylic acids is 2. The van der Waals surface area contributed by atoms with Crippen LogP contribution in [-0.4, -0.2) is 43.8 Å². The number of sulfonamides is 1. The Morgan fingerprint density at radius 2 is 1.43 bits per heavy atom. The summed E-state index contributed by atoms with van der Waals surface area (Å²) in [4.78, 5) is 29.8. The number of carbonyl (C=O) groups is 2. The lowest BCUT2D eigenvalue weighted by Crippen LogP contribution is -2.54. The van der Waals surface area contributed by atoms with Gasteiger partial charge in [0.1, 0.15) is 12.6 Å². The van der Waals surface area contributed by atoms with Crippen LogP contribution in [0, 0.1) is 0 Å². The monoisotopic (exact) mass is 719 g/mol. The average Bonchev–Trinajstić information content (AvgIpc) is 3.04. The summed E-state index contributed by atoms with van der Waals surface area (Å²) in [6.45, 7) is 3.09. The van der Waals surface area contributed by atoms with Crippen LogP contribution in [0.25, 0.3) is 0 Å². The molecule has 0 saturated heterocycles. The van der Waals surface area contributed by atoms with E-state index in [9.17, 15) is 18.0 Å². The van der Waals surface area contributed by atoms with Crippen LogP contribution in [0.4, 0.5) is 5.69 Å². The molecule has 1 N–H and O–H groups in total. The molecule has 0 saturated carbocycles. The summed E-state index contributed by atoms with van der Waals surface area (Å²) in [5, 5.41) is 3.93. The minimum Gasteiger partial charge on any atom is -0.352 e. The predicted octanol–water partition coefficient (Wildman–Crippen LogP) is 8.05. The minimum absolute atomic E-state index is 0.0335. The van der Waals surface area contributed by atoms with E-state index in [2.05, 4.69) is 5.32 Å². The molecule has 0 radical (unpaired) electrons. The second-order valence-corrected chi connectivity index (χ2v) is 14.2. The molecule has 46 heavy (non-hydrogen) atoms. The second kappa shape index (κ2) is 16.0. The Morgan fingerprint density at radius 3 is 2.04 bits per heavy atom. The highest BCUT2D eigenvalue weighted by Crippen LogP contribution is 2.33. The molecule has 0 aliphatic rings. The number of nitrogens with one attached hydrogen (secondary N) is 1. The Morgan fingerprint density at radius 1 is 0.783 bits per heavy atom. The molecule has 4 aromatic carbocycles. The van der Waals surface area contributed by atoms with Crippen molar-refractivity contribution in [2.75, 3.05) is 10.8 Å². The molecule has 4 aromatic rings. The average molecular weight is 722 g/mol. The fourth-order valence-electron chi connectivity index (χ4n) is 4.75. The molecule has 4 rings (SSSR count). The van der Waals surface area contributed by atoms with Crippen LogP contribution < -0.4 is 9.62 Å². The van der Waals surface area contributed by atoms with Crippen LogP contribution in [0.2, 0.25) is 20.1 Å². The third-order valence-electron chi connectivity index (χ3n) is 7.40. The van der Waals surface area contributed by atoms with Gasteiger partial charge in [-0.05, 0) is 66.9 Å². The summed E-state index contributed by atoms with van der Waals surface area (Å²) in [7, 11) is -4.31. The van der Waals surface area contributed by atoms with Crippen LogP contribution in [0.15, 0.2) is 102 Å². The number of rotatable bonds is 13. The smallest absolute Gasteiger partial charge is 0.264 e. The normalized spacial score (nSPS) is 12.7. The Labute approximate surface area is 290 Å². The van der Waals surface area contributed by atoms with Gasteiger partial charge in [0.25, 0.3) is 10.0 Å². The highest BCUT2D eigenvalue weighted by Gasteiger charge is 2.35. The second-order valence-electron chi connectivity index (χ2n) is 10.7. The largest absolute Gasteiger partial charge is 0.352 e. The summed E-state index contributed by atoms with van der Waals surface area (Å²) in [5.74, 6) is -1.02. The topological polar surface area (TPSA) is 86.8 Å². The van der Waals surface area contributed by atoms with Gasteiger partial charge in [0.15, 0.2) is 0 Å². The van der Waals surface area contributed by atoms with Crippen molar-refractivity contribution in [3.63, 3.8) is 0 Å². The Kier molecular flexibility index (Phi) is 12.4. The van der Waals surface area contributed by atoms with Crippen molar-refractivity contribution in [2.24, 2.45) is 0 Å². The molecule has 242 valence electrons. The molecular formula is C34H33Cl4N3O4S. The number of nitrogens with zero attached hydrogens (tertiary/aromatic N) is 2. The van der Waals surface area contributed by atoms with E-state index in [1.165, 1.54) is 35.2 Å². The van der Waals surface area contributed by atoms with Gasteiger partial charge < -0.3 is 10.2 Å². The number of halogens is 4. The predicted molar refractivity (Wildman–Crippen MR) is 186 cm³/mol. The van der Waals surface area contributed by atoms with Crippen LogP contribution in [0.5, 0.6) is 0 Å². The molecule has 0 aromatic heterocycles. The minimum atomic E-state index is -4.31. The van der Waals surface area contributed by atoms with Gasteiger partial charge in [0.05, 0.1) is 25.7 Å². The maximum Gasteiger partial charge on any atom is 0.264 e. The van der Waals surface area contributed by atoms with Crippen LogP contribution in [-0.2, 0) is 32.6 Å². The van der Waals surface area contributed by atoms with E-state index < -0.39 is 28.5 Å². The van der Waals surface area contributed by atoms with Crippen molar-refractivity contribution in [3.05, 3.63) is 128 Å². The van der Waals surface area contributed by atoms with Crippen molar-refractivity contribution < 1.29 is 18.0 Å². The van der Waals surface area contributed by atoms with Crippen molar-refractivity contribution in [3.8, 4) is 0 Å². The van der Waals surface area contributed by atoms with Crippen molar-refractivity contribution in [1.82, 2.24) is 10.2 Å². The van der Waals surface area contributed by atoms with E-state index in [1.807, 2.05) is 44.2 Å². The van der Waals surface area contributed by atoms with E-state index >= 15 is 0 Å². The zero-order valence-electron chi connectivity index (χ0n) is 25.2. The lowest BCUT2D eigenvalue weighted by molar-refractivity contribution is -0.140. The lowest BCUT2D eigenvalue weighted by atomic mass is 10.0. The number of hydrogen-bond acceptors (Lipinski definition) is 4. The molecule has 0 heterocycles. The number of benzene rings is 4. The van der Waals surface area contributed by atoms with Crippen molar-refractivity contribution in [1.29, 1.82) is 0 Å². The van der Waals surface area contributed by atoms with Gasteiger partial charge in [-0.3, -0.25) is 13.9 Å². The lowest BCUT2D eigenvalue weighted by Gasteiger charge is -2.34. The first-order chi connectivity index (χ1) is 21.9. The molecule has 0 unspecified atom stereocenters. The fourth-order valence-corrected chi connectivity index (χ4v) is 7.08. The first-order valence-corrected chi connectivity index (χ1v) is 17.5. The third-order valence-corrected chi connectivity index (χ3v) is 10.4. The summed E-state index contributed by atoms with van der Waals surface area (Å²) in [6, 6.07) is 25.1. The van der Waals surface area contributed by atoms with E-state index in [1.54, 1.807) is 36.4 Å². The zero-order valence-corrected chi connectivity index (χ0v) is 29.0. The van der Waals surface area contributed by atoms with E-state index in [-0.39, 0.29) is 45.5 Å². The van der Waals surface area contributed by atoms with E-state index in [0.29, 0.717) is 22.0 Å². The maximum atomic E-state index is 14.5. The van der Waals surface area contributed by atoms with Gasteiger partial charge in [0.2, 0.25) is 11.8 Å². The molecule has 2 atom stereocenters. The molecule has 0 aliphatic heterocycles. The molecular weight excluding hydrogens is 688 g/mol. The fraction of sp³-hybridized carbons (Fsp3) is 0.235. The molecule has 0 aliphatic carbocycles. The van der Waals surface area contributed by atoms with Crippen molar-refractivity contribution >= 4 is 73.9 Å².